The van der Waals surface area contributed by atoms with Gasteiger partial charge < -0.3 is 15.8 Å². The molecule has 3 N–H and O–H groups in total. The predicted octanol–water partition coefficient (Wildman–Crippen LogP) is 2.96. The number of nitrogens with one attached hydrogen (secondary N) is 1. The van der Waals surface area contributed by atoms with Crippen molar-refractivity contribution in [1.29, 1.82) is 0 Å². The largest absolute Gasteiger partial charge is 0.397 e. The lowest BCUT2D eigenvalue weighted by molar-refractivity contribution is -0.145. The molecule has 0 aromatic heterocycles. The molecule has 20 heavy (non-hydrogen) atoms. The van der Waals surface area contributed by atoms with Gasteiger partial charge in [-0.3, -0.25) is 4.79 Å². The molecule has 0 bridgehead atoms. The molecule has 4 nitrogen and oxygen atoms in total. The summed E-state index contributed by atoms with van der Waals surface area (Å²) < 4.78 is 40.3. The summed E-state index contributed by atoms with van der Waals surface area (Å²) in [5.41, 5.74) is 6.64. The molecule has 7 heteroatoms. The van der Waals surface area contributed by atoms with Crippen LogP contribution >= 0.6 is 0 Å². The van der Waals surface area contributed by atoms with Gasteiger partial charge in [0.05, 0.1) is 24.4 Å². The first-order valence-corrected chi connectivity index (χ1v) is 6.17. The summed E-state index contributed by atoms with van der Waals surface area (Å²) in [6, 6.07) is 6.83. The molecular weight excluding hydrogens is 273 g/mol. The molecule has 0 atom stereocenters. The Balaban J connectivity index is 2.14. The Morgan fingerprint density at radius 1 is 1.25 bits per heavy atom. The number of nitrogens with two attached hydrogens (primary N) is 1. The van der Waals surface area contributed by atoms with E-state index in [-0.39, 0.29) is 25.5 Å². The molecule has 0 aliphatic rings. The van der Waals surface area contributed by atoms with Gasteiger partial charge in [0.15, 0.2) is 0 Å². The minimum atomic E-state index is -4.21. The fraction of sp³-hybridized carbons (Fsp3) is 0.462. The average Bonchev–Trinajstić information content (AvgIpc) is 2.35. The maximum atomic E-state index is 11.8. The summed E-state index contributed by atoms with van der Waals surface area (Å²) in [5.74, 6) is -0.248. The molecule has 1 aromatic carbocycles. The van der Waals surface area contributed by atoms with E-state index in [4.69, 9.17) is 10.5 Å². The maximum Gasteiger partial charge on any atom is 0.391 e. The fourth-order valence-corrected chi connectivity index (χ4v) is 1.45. The zero-order valence-electron chi connectivity index (χ0n) is 10.9. The number of nitrogen functional groups attached to an aromatic ring is 1. The van der Waals surface area contributed by atoms with Gasteiger partial charge >= 0.3 is 6.18 Å². The molecule has 0 aliphatic carbocycles. The molecular formula is C13H17F3N2O2. The van der Waals surface area contributed by atoms with Crippen molar-refractivity contribution in [3.8, 4) is 0 Å². The van der Waals surface area contributed by atoms with E-state index in [2.05, 4.69) is 5.32 Å². The first kappa shape index (κ1) is 16.3. The summed E-state index contributed by atoms with van der Waals surface area (Å²) in [6.07, 6.45) is -4.65. The van der Waals surface area contributed by atoms with Gasteiger partial charge in [-0.05, 0) is 18.6 Å². The lowest BCUT2D eigenvalue weighted by Gasteiger charge is -2.08. The molecule has 112 valence electrons. The van der Waals surface area contributed by atoms with Crippen LogP contribution in [0.1, 0.15) is 19.3 Å². The van der Waals surface area contributed by atoms with Crippen LogP contribution in [-0.4, -0.2) is 25.3 Å². The van der Waals surface area contributed by atoms with Gasteiger partial charge in [-0.1, -0.05) is 12.1 Å². The average molecular weight is 290 g/mol. The van der Waals surface area contributed by atoms with E-state index in [1.54, 1.807) is 24.3 Å². The van der Waals surface area contributed by atoms with Gasteiger partial charge in [-0.2, -0.15) is 13.2 Å². The molecule has 0 saturated heterocycles. The van der Waals surface area contributed by atoms with E-state index in [0.29, 0.717) is 17.8 Å². The van der Waals surface area contributed by atoms with Crippen molar-refractivity contribution < 1.29 is 22.7 Å². The normalized spacial score (nSPS) is 11.3. The Labute approximate surface area is 115 Å². The highest BCUT2D eigenvalue weighted by Gasteiger charge is 2.26. The van der Waals surface area contributed by atoms with Gasteiger partial charge in [0, 0.05) is 13.0 Å². The minimum absolute atomic E-state index is 0.119. The molecule has 0 unspecified atom stereocenters. The van der Waals surface area contributed by atoms with Crippen LogP contribution in [0.15, 0.2) is 24.3 Å². The van der Waals surface area contributed by atoms with Crippen molar-refractivity contribution in [2.24, 2.45) is 0 Å². The minimum Gasteiger partial charge on any atom is -0.397 e. The van der Waals surface area contributed by atoms with Gasteiger partial charge in [0.1, 0.15) is 0 Å². The molecule has 1 rings (SSSR count). The van der Waals surface area contributed by atoms with Crippen LogP contribution in [0, 0.1) is 0 Å². The van der Waals surface area contributed by atoms with E-state index in [1.807, 2.05) is 0 Å². The zero-order valence-corrected chi connectivity index (χ0v) is 10.9. The van der Waals surface area contributed by atoms with E-state index in [9.17, 15) is 18.0 Å². The first-order chi connectivity index (χ1) is 9.38. The molecule has 0 heterocycles. The van der Waals surface area contributed by atoms with Crippen LogP contribution in [0.2, 0.25) is 0 Å². The van der Waals surface area contributed by atoms with Crippen molar-refractivity contribution in [3.05, 3.63) is 24.3 Å². The highest BCUT2D eigenvalue weighted by molar-refractivity contribution is 5.93. The van der Waals surface area contributed by atoms with E-state index in [0.717, 1.165) is 0 Å². The van der Waals surface area contributed by atoms with E-state index < -0.39 is 12.6 Å². The number of hydrogen-bond donors (Lipinski definition) is 2. The maximum absolute atomic E-state index is 11.8. The number of para-hydroxylation sites is 2. The van der Waals surface area contributed by atoms with E-state index >= 15 is 0 Å². The Kier molecular flexibility index (Phi) is 6.30. The van der Waals surface area contributed by atoms with Crippen molar-refractivity contribution in [3.63, 3.8) is 0 Å². The number of rotatable bonds is 7. The second-order valence-corrected chi connectivity index (χ2v) is 4.22. The number of ether oxygens (including phenoxy) is 1. The smallest absolute Gasteiger partial charge is 0.391 e. The second-order valence-electron chi connectivity index (χ2n) is 4.22. The summed E-state index contributed by atoms with van der Waals surface area (Å²) in [7, 11) is 0. The highest BCUT2D eigenvalue weighted by atomic mass is 19.4. The van der Waals surface area contributed by atoms with Crippen molar-refractivity contribution in [2.45, 2.75) is 25.4 Å². The van der Waals surface area contributed by atoms with Crippen LogP contribution in [0.3, 0.4) is 0 Å². The number of hydrogen-bond acceptors (Lipinski definition) is 3. The van der Waals surface area contributed by atoms with Crippen molar-refractivity contribution >= 4 is 17.3 Å². The van der Waals surface area contributed by atoms with Crippen molar-refractivity contribution in [1.82, 2.24) is 0 Å². The van der Waals surface area contributed by atoms with Crippen LogP contribution in [0.4, 0.5) is 24.5 Å². The predicted molar refractivity (Wildman–Crippen MR) is 70.2 cm³/mol. The van der Waals surface area contributed by atoms with Crippen LogP contribution in [-0.2, 0) is 9.53 Å². The second kappa shape index (κ2) is 7.74. The van der Waals surface area contributed by atoms with Crippen LogP contribution in [0.5, 0.6) is 0 Å². The lowest BCUT2D eigenvalue weighted by atomic mass is 10.2. The molecule has 0 spiro atoms. The van der Waals surface area contributed by atoms with Crippen molar-refractivity contribution in [2.75, 3.05) is 24.3 Å². The molecule has 1 aromatic rings. The fourth-order valence-electron chi connectivity index (χ4n) is 1.45. The summed E-state index contributed by atoms with van der Waals surface area (Å²) in [5, 5.41) is 2.63. The molecule has 0 aliphatic heterocycles. The molecule has 0 saturated carbocycles. The van der Waals surface area contributed by atoms with Gasteiger partial charge in [-0.15, -0.1) is 0 Å². The third-order valence-electron chi connectivity index (χ3n) is 2.46. The Hall–Kier alpha value is -1.76. The topological polar surface area (TPSA) is 64.3 Å². The van der Waals surface area contributed by atoms with E-state index in [1.165, 1.54) is 0 Å². The summed E-state index contributed by atoms with van der Waals surface area (Å²) in [6.45, 7) is -0.259. The highest BCUT2D eigenvalue weighted by Crippen LogP contribution is 2.19. The number of carbonyl (C=O) groups is 1. The lowest BCUT2D eigenvalue weighted by Crippen LogP contribution is -2.15. The Bertz CT molecular complexity index is 436. The van der Waals surface area contributed by atoms with Crippen LogP contribution < -0.4 is 11.1 Å². The molecule has 1 amide bonds. The standard InChI is InChI=1S/C13H17F3N2O2/c14-13(15,16)7-9-20-8-3-6-12(19)18-11-5-2-1-4-10(11)17/h1-2,4-5H,3,6-9,17H2,(H,18,19). The first-order valence-electron chi connectivity index (χ1n) is 6.17. The number of anilines is 2. The SMILES string of the molecule is Nc1ccccc1NC(=O)CCCOCCC(F)(F)F. The van der Waals surface area contributed by atoms with Gasteiger partial charge in [-0.25, -0.2) is 0 Å². The number of halogens is 3. The number of amides is 1. The summed E-state index contributed by atoms with van der Waals surface area (Å²) in [4.78, 5) is 11.6. The van der Waals surface area contributed by atoms with Gasteiger partial charge in [0.25, 0.3) is 0 Å². The number of carbonyl (C=O) groups excluding carboxylic acids is 1. The van der Waals surface area contributed by atoms with Gasteiger partial charge in [0.2, 0.25) is 5.91 Å². The third-order valence-corrected chi connectivity index (χ3v) is 2.46. The number of benzene rings is 1. The Morgan fingerprint density at radius 2 is 1.95 bits per heavy atom. The zero-order chi connectivity index (χ0) is 15.0. The molecule has 0 fully saturated rings. The quantitative estimate of drug-likeness (QED) is 0.599. The monoisotopic (exact) mass is 290 g/mol. The number of alkyl halides is 3. The third kappa shape index (κ3) is 6.98. The summed E-state index contributed by atoms with van der Waals surface area (Å²) >= 11 is 0. The molecule has 0 radical (unpaired) electrons. The van der Waals surface area contributed by atoms with Crippen LogP contribution in [0.25, 0.3) is 0 Å². The Morgan fingerprint density at radius 3 is 2.60 bits per heavy atom.